The van der Waals surface area contributed by atoms with Gasteiger partial charge < -0.3 is 5.32 Å². The molecule has 0 unspecified atom stereocenters. The van der Waals surface area contributed by atoms with E-state index in [0.717, 1.165) is 18.2 Å². The fourth-order valence-corrected chi connectivity index (χ4v) is 2.18. The van der Waals surface area contributed by atoms with Crippen LogP contribution >= 0.6 is 27.5 Å². The Morgan fingerprint density at radius 3 is 2.79 bits per heavy atom. The highest BCUT2D eigenvalue weighted by atomic mass is 79.9. The van der Waals surface area contributed by atoms with Crippen LogP contribution in [-0.2, 0) is 0 Å². The monoisotopic (exact) mass is 349 g/mol. The molecule has 1 N–H and O–H groups in total. The second-order valence-corrected chi connectivity index (χ2v) is 6.44. The van der Waals surface area contributed by atoms with Gasteiger partial charge in [-0.3, -0.25) is 4.79 Å². The molecular weight excluding hydrogens is 333 g/mol. The SMILES string of the molecule is CC(C)(CCCBr)CNC(=O)c1cccc(Cl)c1F. The molecule has 1 amide bonds. The molecule has 0 heterocycles. The third-order valence-electron chi connectivity index (χ3n) is 2.91. The standard InChI is InChI=1S/C14H18BrClFNO/c1-14(2,7-4-8-15)9-18-13(19)10-5-3-6-11(16)12(10)17/h3,5-6H,4,7-9H2,1-2H3,(H,18,19). The summed E-state index contributed by atoms with van der Waals surface area (Å²) >= 11 is 9.04. The third kappa shape index (κ3) is 5.11. The molecule has 0 spiro atoms. The van der Waals surface area contributed by atoms with Gasteiger partial charge in [0, 0.05) is 11.9 Å². The summed E-state index contributed by atoms with van der Waals surface area (Å²) in [7, 11) is 0. The van der Waals surface area contributed by atoms with Crippen molar-refractivity contribution in [2.24, 2.45) is 5.41 Å². The summed E-state index contributed by atoms with van der Waals surface area (Å²) in [6.07, 6.45) is 2.02. The smallest absolute Gasteiger partial charge is 0.254 e. The van der Waals surface area contributed by atoms with Crippen LogP contribution in [0.25, 0.3) is 0 Å². The van der Waals surface area contributed by atoms with Crippen molar-refractivity contribution >= 4 is 33.4 Å². The normalized spacial score (nSPS) is 11.4. The van der Waals surface area contributed by atoms with E-state index in [0.29, 0.717) is 6.54 Å². The lowest BCUT2D eigenvalue weighted by molar-refractivity contribution is 0.0930. The summed E-state index contributed by atoms with van der Waals surface area (Å²) in [5.74, 6) is -1.09. The lowest BCUT2D eigenvalue weighted by Gasteiger charge is -2.24. The van der Waals surface area contributed by atoms with E-state index in [2.05, 4.69) is 35.1 Å². The highest BCUT2D eigenvalue weighted by molar-refractivity contribution is 9.09. The van der Waals surface area contributed by atoms with Crippen molar-refractivity contribution in [1.82, 2.24) is 5.32 Å². The minimum absolute atomic E-state index is 0.0104. The van der Waals surface area contributed by atoms with E-state index in [1.807, 2.05) is 0 Å². The Bertz CT molecular complexity index is 451. The van der Waals surface area contributed by atoms with Gasteiger partial charge in [-0.15, -0.1) is 0 Å². The van der Waals surface area contributed by atoms with E-state index in [-0.39, 0.29) is 16.0 Å². The number of carbonyl (C=O) groups excluding carboxylic acids is 1. The molecule has 0 fully saturated rings. The van der Waals surface area contributed by atoms with Crippen molar-refractivity contribution in [2.45, 2.75) is 26.7 Å². The second-order valence-electron chi connectivity index (χ2n) is 5.24. The first-order valence-electron chi connectivity index (χ1n) is 6.15. The first-order valence-corrected chi connectivity index (χ1v) is 7.65. The van der Waals surface area contributed by atoms with Crippen LogP contribution in [-0.4, -0.2) is 17.8 Å². The molecule has 1 aromatic rings. The molecule has 106 valence electrons. The molecule has 2 nitrogen and oxygen atoms in total. The largest absolute Gasteiger partial charge is 0.351 e. The minimum atomic E-state index is -0.667. The summed E-state index contributed by atoms with van der Waals surface area (Å²) in [5.41, 5.74) is -0.0258. The van der Waals surface area contributed by atoms with E-state index < -0.39 is 11.7 Å². The Kier molecular flexibility index (Phi) is 6.27. The zero-order valence-corrected chi connectivity index (χ0v) is 13.4. The second kappa shape index (κ2) is 7.25. The predicted octanol–water partition coefficient (Wildman–Crippen LogP) is 4.41. The van der Waals surface area contributed by atoms with Crippen LogP contribution < -0.4 is 5.32 Å². The predicted molar refractivity (Wildman–Crippen MR) is 80.6 cm³/mol. The van der Waals surface area contributed by atoms with Crippen molar-refractivity contribution in [1.29, 1.82) is 0 Å². The molecule has 0 saturated heterocycles. The number of hydrogen-bond donors (Lipinski definition) is 1. The van der Waals surface area contributed by atoms with Crippen LogP contribution in [0, 0.1) is 11.2 Å². The Hall–Kier alpha value is -0.610. The van der Waals surface area contributed by atoms with E-state index in [1.165, 1.54) is 12.1 Å². The molecule has 19 heavy (non-hydrogen) atoms. The van der Waals surface area contributed by atoms with Gasteiger partial charge >= 0.3 is 0 Å². The number of benzene rings is 1. The summed E-state index contributed by atoms with van der Waals surface area (Å²) in [6.45, 7) is 4.65. The van der Waals surface area contributed by atoms with Crippen LogP contribution in [0.3, 0.4) is 0 Å². The Balaban J connectivity index is 2.63. The molecule has 5 heteroatoms. The van der Waals surface area contributed by atoms with Crippen LogP contribution in [0.2, 0.25) is 5.02 Å². The molecule has 0 radical (unpaired) electrons. The van der Waals surface area contributed by atoms with E-state index in [1.54, 1.807) is 6.07 Å². The van der Waals surface area contributed by atoms with Gasteiger partial charge in [0.2, 0.25) is 0 Å². The first-order chi connectivity index (χ1) is 8.87. The van der Waals surface area contributed by atoms with Gasteiger partial charge in [-0.1, -0.05) is 47.4 Å². The first kappa shape index (κ1) is 16.4. The number of amides is 1. The van der Waals surface area contributed by atoms with Gasteiger partial charge in [0.15, 0.2) is 5.82 Å². The van der Waals surface area contributed by atoms with Gasteiger partial charge in [0.05, 0.1) is 10.6 Å². The van der Waals surface area contributed by atoms with Crippen molar-refractivity contribution in [3.63, 3.8) is 0 Å². The fourth-order valence-electron chi connectivity index (χ4n) is 1.73. The Labute approximate surface area is 126 Å². The zero-order valence-electron chi connectivity index (χ0n) is 11.1. The van der Waals surface area contributed by atoms with Gasteiger partial charge in [0.25, 0.3) is 5.91 Å². The van der Waals surface area contributed by atoms with Gasteiger partial charge in [0.1, 0.15) is 0 Å². The topological polar surface area (TPSA) is 29.1 Å². The molecule has 0 aliphatic carbocycles. The van der Waals surface area contributed by atoms with E-state index >= 15 is 0 Å². The average molecular weight is 351 g/mol. The van der Waals surface area contributed by atoms with Gasteiger partial charge in [-0.2, -0.15) is 0 Å². The quantitative estimate of drug-likeness (QED) is 0.757. The minimum Gasteiger partial charge on any atom is -0.351 e. The number of carbonyl (C=O) groups is 1. The van der Waals surface area contributed by atoms with Crippen molar-refractivity contribution < 1.29 is 9.18 Å². The third-order valence-corrected chi connectivity index (χ3v) is 3.76. The fraction of sp³-hybridized carbons (Fsp3) is 0.500. The van der Waals surface area contributed by atoms with Crippen LogP contribution in [0.5, 0.6) is 0 Å². The van der Waals surface area contributed by atoms with Crippen LogP contribution in [0.15, 0.2) is 18.2 Å². The molecule has 0 atom stereocenters. The number of halogens is 3. The van der Waals surface area contributed by atoms with Crippen molar-refractivity contribution in [3.05, 3.63) is 34.6 Å². The van der Waals surface area contributed by atoms with Gasteiger partial charge in [-0.25, -0.2) is 4.39 Å². The summed E-state index contributed by atoms with van der Waals surface area (Å²) in [4.78, 5) is 11.9. The Morgan fingerprint density at radius 2 is 2.16 bits per heavy atom. The van der Waals surface area contributed by atoms with Crippen molar-refractivity contribution in [2.75, 3.05) is 11.9 Å². The van der Waals surface area contributed by atoms with Crippen LogP contribution in [0.4, 0.5) is 4.39 Å². The lowest BCUT2D eigenvalue weighted by atomic mass is 9.88. The molecule has 1 rings (SSSR count). The number of hydrogen-bond acceptors (Lipinski definition) is 1. The molecule has 0 aromatic heterocycles. The van der Waals surface area contributed by atoms with E-state index in [4.69, 9.17) is 11.6 Å². The average Bonchev–Trinajstić information content (AvgIpc) is 2.37. The molecule has 0 saturated carbocycles. The summed E-state index contributed by atoms with van der Waals surface area (Å²) in [6, 6.07) is 4.42. The highest BCUT2D eigenvalue weighted by Crippen LogP contribution is 2.22. The zero-order chi connectivity index (χ0) is 14.5. The molecule has 0 bridgehead atoms. The number of nitrogens with one attached hydrogen (secondary N) is 1. The Morgan fingerprint density at radius 1 is 1.47 bits per heavy atom. The molecule has 1 aromatic carbocycles. The maximum absolute atomic E-state index is 13.7. The maximum atomic E-state index is 13.7. The van der Waals surface area contributed by atoms with Crippen LogP contribution in [0.1, 0.15) is 37.0 Å². The molecule has 0 aliphatic rings. The lowest BCUT2D eigenvalue weighted by Crippen LogP contribution is -2.34. The summed E-state index contributed by atoms with van der Waals surface area (Å²) < 4.78 is 13.7. The van der Waals surface area contributed by atoms with Gasteiger partial charge in [-0.05, 0) is 30.4 Å². The number of rotatable bonds is 6. The van der Waals surface area contributed by atoms with E-state index in [9.17, 15) is 9.18 Å². The maximum Gasteiger partial charge on any atom is 0.254 e. The molecular formula is C14H18BrClFNO. The summed E-state index contributed by atoms with van der Waals surface area (Å²) in [5, 5.41) is 3.67. The molecule has 0 aliphatic heterocycles. The van der Waals surface area contributed by atoms with Crippen molar-refractivity contribution in [3.8, 4) is 0 Å². The highest BCUT2D eigenvalue weighted by Gasteiger charge is 2.20. The number of alkyl halides is 1.